The van der Waals surface area contributed by atoms with Crippen molar-refractivity contribution in [2.45, 2.75) is 26.4 Å². The third-order valence-electron chi connectivity index (χ3n) is 3.61. The van der Waals surface area contributed by atoms with E-state index in [1.807, 2.05) is 0 Å². The largest absolute Gasteiger partial charge is 0.444 e. The number of ether oxygens (including phenoxy) is 1. The van der Waals surface area contributed by atoms with Gasteiger partial charge in [-0.2, -0.15) is 0 Å². The SMILES string of the molecule is CC(C)(C)OC(=O)N1CC(CN2CCN(C(=O)Cl)C(=O)C2=O)C1. The Morgan fingerprint density at radius 2 is 1.78 bits per heavy atom. The third-order valence-corrected chi connectivity index (χ3v) is 3.81. The van der Waals surface area contributed by atoms with Gasteiger partial charge in [-0.15, -0.1) is 0 Å². The fourth-order valence-electron chi connectivity index (χ4n) is 2.49. The van der Waals surface area contributed by atoms with E-state index in [0.717, 1.165) is 4.90 Å². The molecule has 4 amide bonds. The van der Waals surface area contributed by atoms with Crippen molar-refractivity contribution in [2.24, 2.45) is 5.92 Å². The molecular formula is C14H20ClN3O5. The first kappa shape index (κ1) is 17.5. The van der Waals surface area contributed by atoms with Crippen molar-refractivity contribution in [2.75, 3.05) is 32.7 Å². The minimum absolute atomic E-state index is 0.0927. The summed E-state index contributed by atoms with van der Waals surface area (Å²) in [6.07, 6.45) is -0.381. The number of likely N-dealkylation sites (tertiary alicyclic amines) is 1. The molecule has 0 bridgehead atoms. The Bertz CT molecular complexity index is 539. The second-order valence-electron chi connectivity index (χ2n) is 6.71. The summed E-state index contributed by atoms with van der Waals surface area (Å²) < 4.78 is 5.25. The van der Waals surface area contributed by atoms with E-state index in [2.05, 4.69) is 0 Å². The summed E-state index contributed by atoms with van der Waals surface area (Å²) in [5, 5.41) is -0.942. The number of imide groups is 1. The van der Waals surface area contributed by atoms with Crippen LogP contribution in [0.4, 0.5) is 9.59 Å². The molecule has 0 radical (unpaired) electrons. The lowest BCUT2D eigenvalue weighted by Gasteiger charge is -2.42. The monoisotopic (exact) mass is 345 g/mol. The number of carbonyl (C=O) groups excluding carboxylic acids is 4. The average molecular weight is 346 g/mol. The Morgan fingerprint density at radius 3 is 2.30 bits per heavy atom. The molecule has 23 heavy (non-hydrogen) atoms. The number of hydrogen-bond donors (Lipinski definition) is 0. The van der Waals surface area contributed by atoms with Crippen molar-refractivity contribution >= 4 is 34.9 Å². The number of carbonyl (C=O) groups is 4. The molecule has 0 aromatic rings. The van der Waals surface area contributed by atoms with Crippen molar-refractivity contribution in [3.63, 3.8) is 0 Å². The Labute approximate surface area is 139 Å². The predicted octanol–water partition coefficient (Wildman–Crippen LogP) is 0.883. The summed E-state index contributed by atoms with van der Waals surface area (Å²) in [6.45, 7) is 7.06. The van der Waals surface area contributed by atoms with Gasteiger partial charge in [-0.1, -0.05) is 0 Å². The van der Waals surface area contributed by atoms with Crippen molar-refractivity contribution < 1.29 is 23.9 Å². The van der Waals surface area contributed by atoms with Crippen LogP contribution >= 0.6 is 11.6 Å². The lowest BCUT2D eigenvalue weighted by Crippen LogP contribution is -2.60. The molecule has 0 N–H and O–H groups in total. The predicted molar refractivity (Wildman–Crippen MR) is 80.8 cm³/mol. The second kappa shape index (κ2) is 6.35. The molecule has 0 aromatic heterocycles. The fraction of sp³-hybridized carbons (Fsp3) is 0.714. The number of amides is 4. The molecule has 128 valence electrons. The molecule has 2 aliphatic rings. The quantitative estimate of drug-likeness (QED) is 0.421. The van der Waals surface area contributed by atoms with Gasteiger partial charge in [0.1, 0.15) is 5.60 Å². The van der Waals surface area contributed by atoms with Crippen molar-refractivity contribution in [3.05, 3.63) is 0 Å². The highest BCUT2D eigenvalue weighted by molar-refractivity contribution is 6.65. The highest BCUT2D eigenvalue weighted by atomic mass is 35.5. The molecule has 0 aliphatic carbocycles. The van der Waals surface area contributed by atoms with Crippen LogP contribution in [0.15, 0.2) is 0 Å². The Hall–Kier alpha value is -1.83. The van der Waals surface area contributed by atoms with Crippen LogP contribution in [0.2, 0.25) is 0 Å². The summed E-state index contributed by atoms with van der Waals surface area (Å²) in [5.74, 6) is -1.54. The van der Waals surface area contributed by atoms with E-state index >= 15 is 0 Å². The van der Waals surface area contributed by atoms with E-state index < -0.39 is 22.8 Å². The summed E-state index contributed by atoms with van der Waals surface area (Å²) in [6, 6.07) is 0. The average Bonchev–Trinajstić information content (AvgIpc) is 2.35. The molecule has 0 saturated carbocycles. The van der Waals surface area contributed by atoms with E-state index in [4.69, 9.17) is 16.3 Å². The van der Waals surface area contributed by atoms with Crippen LogP contribution in [0.25, 0.3) is 0 Å². The molecule has 2 rings (SSSR count). The van der Waals surface area contributed by atoms with Crippen LogP contribution in [-0.4, -0.2) is 76.3 Å². The lowest BCUT2D eigenvalue weighted by molar-refractivity contribution is -0.154. The second-order valence-corrected chi connectivity index (χ2v) is 7.04. The van der Waals surface area contributed by atoms with Gasteiger partial charge in [-0.05, 0) is 32.4 Å². The molecule has 2 fully saturated rings. The zero-order chi connectivity index (χ0) is 17.4. The molecule has 2 heterocycles. The number of nitrogens with zero attached hydrogens (tertiary/aromatic N) is 3. The molecule has 2 saturated heterocycles. The minimum atomic E-state index is -0.942. The van der Waals surface area contributed by atoms with Gasteiger partial charge >= 0.3 is 23.3 Å². The first-order valence-corrected chi connectivity index (χ1v) is 7.74. The topological polar surface area (TPSA) is 87.2 Å². The van der Waals surface area contributed by atoms with E-state index in [-0.39, 0.29) is 25.1 Å². The third kappa shape index (κ3) is 4.13. The summed E-state index contributed by atoms with van der Waals surface area (Å²) in [5.41, 5.74) is -0.547. The molecule has 0 aromatic carbocycles. The van der Waals surface area contributed by atoms with Gasteiger partial charge in [0.25, 0.3) is 0 Å². The van der Waals surface area contributed by atoms with Crippen LogP contribution in [-0.2, 0) is 14.3 Å². The minimum Gasteiger partial charge on any atom is -0.444 e. The number of hydrogen-bond acceptors (Lipinski definition) is 5. The van der Waals surface area contributed by atoms with Gasteiger partial charge in [-0.25, -0.2) is 4.79 Å². The van der Waals surface area contributed by atoms with Gasteiger partial charge in [0.05, 0.1) is 0 Å². The first-order valence-electron chi connectivity index (χ1n) is 7.36. The van der Waals surface area contributed by atoms with Crippen molar-refractivity contribution in [3.8, 4) is 0 Å². The summed E-state index contributed by atoms with van der Waals surface area (Å²) in [7, 11) is 0. The summed E-state index contributed by atoms with van der Waals surface area (Å²) in [4.78, 5) is 50.2. The summed E-state index contributed by atoms with van der Waals surface area (Å²) >= 11 is 5.25. The first-order chi connectivity index (χ1) is 10.6. The van der Waals surface area contributed by atoms with E-state index in [1.54, 1.807) is 25.7 Å². The Kier molecular flexibility index (Phi) is 4.84. The molecule has 2 aliphatic heterocycles. The van der Waals surface area contributed by atoms with Gasteiger partial charge < -0.3 is 14.5 Å². The Balaban J connectivity index is 1.80. The van der Waals surface area contributed by atoms with E-state index in [1.165, 1.54) is 4.90 Å². The molecule has 0 unspecified atom stereocenters. The van der Waals surface area contributed by atoms with Gasteiger partial charge in [0.2, 0.25) is 0 Å². The highest BCUT2D eigenvalue weighted by Crippen LogP contribution is 2.21. The van der Waals surface area contributed by atoms with Crippen LogP contribution in [0.3, 0.4) is 0 Å². The van der Waals surface area contributed by atoms with E-state index in [0.29, 0.717) is 19.6 Å². The maximum absolute atomic E-state index is 11.9. The standard InChI is InChI=1S/C14H20ClN3O5/c1-14(2,3)23-13(22)17-7-9(8-17)6-16-4-5-18(12(15)21)11(20)10(16)19/h9H,4-8H2,1-3H3. The van der Waals surface area contributed by atoms with E-state index in [9.17, 15) is 19.2 Å². The fourth-order valence-corrected chi connectivity index (χ4v) is 2.65. The maximum atomic E-state index is 11.9. The van der Waals surface area contributed by atoms with Crippen molar-refractivity contribution in [1.82, 2.24) is 14.7 Å². The molecule has 0 atom stereocenters. The number of rotatable bonds is 2. The zero-order valence-electron chi connectivity index (χ0n) is 13.4. The molecular weight excluding hydrogens is 326 g/mol. The lowest BCUT2D eigenvalue weighted by atomic mass is 9.99. The normalized spacial score (nSPS) is 19.7. The van der Waals surface area contributed by atoms with Crippen molar-refractivity contribution in [1.29, 1.82) is 0 Å². The molecule has 0 spiro atoms. The van der Waals surface area contributed by atoms with Gasteiger partial charge in [0, 0.05) is 38.6 Å². The highest BCUT2D eigenvalue weighted by Gasteiger charge is 2.40. The van der Waals surface area contributed by atoms with Crippen LogP contribution in [0, 0.1) is 5.92 Å². The maximum Gasteiger partial charge on any atom is 0.410 e. The van der Waals surface area contributed by atoms with Gasteiger partial charge in [0.15, 0.2) is 0 Å². The number of piperazine rings is 1. The van der Waals surface area contributed by atoms with Gasteiger partial charge in [-0.3, -0.25) is 19.3 Å². The zero-order valence-corrected chi connectivity index (χ0v) is 14.1. The molecule has 9 heteroatoms. The van der Waals surface area contributed by atoms with Crippen LogP contribution in [0.1, 0.15) is 20.8 Å². The van der Waals surface area contributed by atoms with Crippen LogP contribution < -0.4 is 0 Å². The molecule has 8 nitrogen and oxygen atoms in total. The number of halogens is 1. The smallest absolute Gasteiger partial charge is 0.410 e. The van der Waals surface area contributed by atoms with Crippen LogP contribution in [0.5, 0.6) is 0 Å². The Morgan fingerprint density at radius 1 is 1.17 bits per heavy atom.